The number of aromatic nitrogens is 1. The van der Waals surface area contributed by atoms with Crippen molar-refractivity contribution in [1.29, 1.82) is 0 Å². The molecule has 0 radical (unpaired) electrons. The van der Waals surface area contributed by atoms with Crippen LogP contribution in [0.15, 0.2) is 18.3 Å². The molecule has 3 nitrogen and oxygen atoms in total. The minimum atomic E-state index is 0.0731. The second kappa shape index (κ2) is 2.38. The van der Waals surface area contributed by atoms with Crippen molar-refractivity contribution in [3.8, 4) is 0 Å². The smallest absolute Gasteiger partial charge is 0.228 e. The Hall–Kier alpha value is -1.77. The normalized spacial score (nSPS) is 14.5. The van der Waals surface area contributed by atoms with Crippen molar-refractivity contribution >= 4 is 22.5 Å². The van der Waals surface area contributed by atoms with Crippen LogP contribution in [-0.2, 0) is 11.2 Å². The highest BCUT2D eigenvalue weighted by atomic mass is 16.1. The van der Waals surface area contributed by atoms with Gasteiger partial charge in [-0.3, -0.25) is 4.79 Å². The van der Waals surface area contributed by atoms with E-state index < -0.39 is 0 Å². The molecular weight excluding hydrogens is 176 g/mol. The second-order valence-corrected chi connectivity index (χ2v) is 3.77. The van der Waals surface area contributed by atoms with Crippen molar-refractivity contribution in [3.05, 3.63) is 29.5 Å². The lowest BCUT2D eigenvalue weighted by Gasteiger charge is -2.14. The van der Waals surface area contributed by atoms with E-state index in [9.17, 15) is 4.79 Å². The second-order valence-electron chi connectivity index (χ2n) is 3.77. The number of nitrogens with one attached hydrogen (secondary N) is 2. The van der Waals surface area contributed by atoms with E-state index in [1.807, 2.05) is 19.2 Å². The third-order valence-corrected chi connectivity index (χ3v) is 2.63. The first-order chi connectivity index (χ1) is 6.74. The Bertz CT molecular complexity index is 539. The van der Waals surface area contributed by atoms with E-state index in [-0.39, 0.29) is 5.91 Å². The van der Waals surface area contributed by atoms with Gasteiger partial charge in [-0.1, -0.05) is 0 Å². The van der Waals surface area contributed by atoms with E-state index in [1.54, 1.807) is 0 Å². The number of H-pyrrole nitrogens is 1. The molecule has 1 aromatic heterocycles. The maximum absolute atomic E-state index is 11.3. The molecule has 70 valence electrons. The molecule has 3 rings (SSSR count). The lowest BCUT2D eigenvalue weighted by Crippen LogP contribution is -2.18. The van der Waals surface area contributed by atoms with Crippen LogP contribution in [0.1, 0.15) is 11.1 Å². The molecule has 14 heavy (non-hydrogen) atoms. The molecule has 0 atom stereocenters. The van der Waals surface area contributed by atoms with Crippen LogP contribution in [0.5, 0.6) is 0 Å². The van der Waals surface area contributed by atoms with Gasteiger partial charge in [0.2, 0.25) is 5.91 Å². The zero-order valence-electron chi connectivity index (χ0n) is 7.85. The molecule has 1 aromatic carbocycles. The quantitative estimate of drug-likeness (QED) is 0.649. The molecule has 0 unspecified atom stereocenters. The lowest BCUT2D eigenvalue weighted by molar-refractivity contribution is -0.115. The van der Waals surface area contributed by atoms with Gasteiger partial charge in [0, 0.05) is 17.1 Å². The van der Waals surface area contributed by atoms with Crippen molar-refractivity contribution in [2.45, 2.75) is 13.3 Å². The van der Waals surface area contributed by atoms with Crippen LogP contribution in [-0.4, -0.2) is 10.9 Å². The Morgan fingerprint density at radius 3 is 3.07 bits per heavy atom. The summed E-state index contributed by atoms with van der Waals surface area (Å²) in [6.45, 7) is 2.03. The lowest BCUT2D eigenvalue weighted by atomic mass is 10.0. The fraction of sp³-hybridized carbons (Fsp3) is 0.182. The average molecular weight is 186 g/mol. The summed E-state index contributed by atoms with van der Waals surface area (Å²) in [7, 11) is 0. The van der Waals surface area contributed by atoms with Gasteiger partial charge in [-0.05, 0) is 30.2 Å². The molecule has 1 amide bonds. The molecule has 0 spiro atoms. The van der Waals surface area contributed by atoms with Gasteiger partial charge in [0.05, 0.1) is 12.1 Å². The van der Waals surface area contributed by atoms with Crippen LogP contribution in [0.3, 0.4) is 0 Å². The molecular formula is C11H10N2O. The van der Waals surface area contributed by atoms with Crippen LogP contribution in [0, 0.1) is 6.92 Å². The van der Waals surface area contributed by atoms with Crippen LogP contribution in [0.2, 0.25) is 0 Å². The van der Waals surface area contributed by atoms with Gasteiger partial charge in [0.15, 0.2) is 0 Å². The number of aromatic amines is 1. The van der Waals surface area contributed by atoms with E-state index in [2.05, 4.69) is 16.4 Å². The number of aryl methyl sites for hydroxylation is 1. The standard InChI is InChI=1S/C11H10N2O/c1-6-2-8-11-7(5-12-8)4-10(14)13-9(11)3-6/h2-3,5,12H,4H2,1H3,(H,13,14). The maximum Gasteiger partial charge on any atom is 0.228 e. The monoisotopic (exact) mass is 186 g/mol. The molecule has 1 aliphatic rings. The highest BCUT2D eigenvalue weighted by molar-refractivity contribution is 6.09. The topological polar surface area (TPSA) is 44.9 Å². The largest absolute Gasteiger partial charge is 0.361 e. The van der Waals surface area contributed by atoms with Crippen molar-refractivity contribution in [1.82, 2.24) is 4.98 Å². The summed E-state index contributed by atoms with van der Waals surface area (Å²) >= 11 is 0. The first-order valence-corrected chi connectivity index (χ1v) is 4.64. The van der Waals surface area contributed by atoms with Crippen molar-refractivity contribution in [2.24, 2.45) is 0 Å². The first kappa shape index (κ1) is 7.62. The summed E-state index contributed by atoms with van der Waals surface area (Å²) in [5.41, 5.74) is 4.30. The van der Waals surface area contributed by atoms with Crippen LogP contribution >= 0.6 is 0 Å². The van der Waals surface area contributed by atoms with Gasteiger partial charge < -0.3 is 10.3 Å². The van der Waals surface area contributed by atoms with Gasteiger partial charge in [0.25, 0.3) is 0 Å². The minimum Gasteiger partial charge on any atom is -0.361 e. The Balaban J connectivity index is 2.43. The SMILES string of the molecule is Cc1cc2c3c(c[nH]c3c1)CC(=O)N2. The number of hydrogen-bond acceptors (Lipinski definition) is 1. The zero-order valence-corrected chi connectivity index (χ0v) is 7.85. The molecule has 0 saturated carbocycles. The predicted octanol–water partition coefficient (Wildman–Crippen LogP) is 1.97. The van der Waals surface area contributed by atoms with Crippen LogP contribution < -0.4 is 5.32 Å². The van der Waals surface area contributed by atoms with Crippen molar-refractivity contribution in [3.63, 3.8) is 0 Å². The van der Waals surface area contributed by atoms with E-state index in [0.29, 0.717) is 6.42 Å². The molecule has 0 aliphatic carbocycles. The molecule has 1 aliphatic heterocycles. The highest BCUT2D eigenvalue weighted by Gasteiger charge is 2.18. The van der Waals surface area contributed by atoms with Crippen LogP contribution in [0.4, 0.5) is 5.69 Å². The molecule has 3 heteroatoms. The van der Waals surface area contributed by atoms with Gasteiger partial charge in [-0.2, -0.15) is 0 Å². The summed E-state index contributed by atoms with van der Waals surface area (Å²) in [6, 6.07) is 4.11. The minimum absolute atomic E-state index is 0.0731. The van der Waals surface area contributed by atoms with Crippen molar-refractivity contribution < 1.29 is 4.79 Å². The van der Waals surface area contributed by atoms with Crippen molar-refractivity contribution in [2.75, 3.05) is 5.32 Å². The predicted molar refractivity (Wildman–Crippen MR) is 55.4 cm³/mol. The van der Waals surface area contributed by atoms with E-state index >= 15 is 0 Å². The van der Waals surface area contributed by atoms with Gasteiger partial charge in [-0.15, -0.1) is 0 Å². The van der Waals surface area contributed by atoms with Gasteiger partial charge in [0.1, 0.15) is 0 Å². The maximum atomic E-state index is 11.3. The van der Waals surface area contributed by atoms with Gasteiger partial charge >= 0.3 is 0 Å². The Morgan fingerprint density at radius 2 is 2.21 bits per heavy atom. The number of benzene rings is 1. The third kappa shape index (κ3) is 0.894. The van der Waals surface area contributed by atoms with E-state index in [0.717, 1.165) is 27.7 Å². The van der Waals surface area contributed by atoms with E-state index in [1.165, 1.54) is 0 Å². The molecule has 2 heterocycles. The highest BCUT2D eigenvalue weighted by Crippen LogP contribution is 2.31. The van der Waals surface area contributed by atoms with Gasteiger partial charge in [-0.25, -0.2) is 0 Å². The fourth-order valence-electron chi connectivity index (χ4n) is 2.09. The molecule has 0 fully saturated rings. The Kier molecular flexibility index (Phi) is 1.29. The zero-order chi connectivity index (χ0) is 9.71. The summed E-state index contributed by atoms with van der Waals surface area (Å²) in [4.78, 5) is 14.5. The molecule has 0 bridgehead atoms. The summed E-state index contributed by atoms with van der Waals surface area (Å²) < 4.78 is 0. The average Bonchev–Trinajstić information content (AvgIpc) is 2.48. The molecule has 0 saturated heterocycles. The Labute approximate surface area is 81.1 Å². The summed E-state index contributed by atoms with van der Waals surface area (Å²) in [5, 5.41) is 4.05. The third-order valence-electron chi connectivity index (χ3n) is 2.63. The number of anilines is 1. The number of hydrogen-bond donors (Lipinski definition) is 2. The fourth-order valence-corrected chi connectivity index (χ4v) is 2.09. The Morgan fingerprint density at radius 1 is 1.36 bits per heavy atom. The number of rotatable bonds is 0. The molecule has 2 aromatic rings. The number of carbonyl (C=O) groups is 1. The summed E-state index contributed by atoms with van der Waals surface area (Å²) in [6.07, 6.45) is 2.41. The van der Waals surface area contributed by atoms with E-state index in [4.69, 9.17) is 0 Å². The number of amides is 1. The van der Waals surface area contributed by atoms with Crippen LogP contribution in [0.25, 0.3) is 10.9 Å². The molecule has 2 N–H and O–H groups in total. The number of carbonyl (C=O) groups excluding carboxylic acids is 1. The first-order valence-electron chi connectivity index (χ1n) is 4.64. The summed E-state index contributed by atoms with van der Waals surface area (Å²) in [5.74, 6) is 0.0731.